The number of aromatic nitrogens is 1. The van der Waals surface area contributed by atoms with E-state index in [1.165, 1.54) is 18.3 Å². The van der Waals surface area contributed by atoms with Crippen molar-refractivity contribution in [3.63, 3.8) is 0 Å². The average Bonchev–Trinajstić information content (AvgIpc) is 3.08. The van der Waals surface area contributed by atoms with Gasteiger partial charge in [0.2, 0.25) is 5.91 Å². The van der Waals surface area contributed by atoms with Crippen LogP contribution in [0.15, 0.2) is 48.5 Å². The number of thiazole rings is 1. The second kappa shape index (κ2) is 11.2. The van der Waals surface area contributed by atoms with Gasteiger partial charge in [-0.25, -0.2) is 13.4 Å². The number of aryl methyl sites for hydroxylation is 2. The summed E-state index contributed by atoms with van der Waals surface area (Å²) in [5.41, 5.74) is 10.3. The predicted octanol–water partition coefficient (Wildman–Crippen LogP) is 3.24. The third-order valence-electron chi connectivity index (χ3n) is 4.63. The molecule has 0 aliphatic carbocycles. The summed E-state index contributed by atoms with van der Waals surface area (Å²) < 4.78 is 21.8. The number of thiocarbonyl (C=S) groups is 1. The molecule has 0 atom stereocenters. The molecule has 0 bridgehead atoms. The van der Waals surface area contributed by atoms with Gasteiger partial charge in [-0.1, -0.05) is 36.4 Å². The zero-order valence-electron chi connectivity index (χ0n) is 17.5. The highest BCUT2D eigenvalue weighted by atomic mass is 32.2. The largest absolute Gasteiger partial charge is 0.376 e. The summed E-state index contributed by atoms with van der Waals surface area (Å²) in [6.45, 7) is 1.46. The van der Waals surface area contributed by atoms with E-state index >= 15 is 0 Å². The predicted molar refractivity (Wildman–Crippen MR) is 134 cm³/mol. The summed E-state index contributed by atoms with van der Waals surface area (Å²) in [5.74, 6) is -0.117. The third-order valence-corrected chi connectivity index (χ3v) is 6.37. The molecule has 3 aromatic rings. The molecule has 0 radical (unpaired) electrons. The Labute approximate surface area is 198 Å². The summed E-state index contributed by atoms with van der Waals surface area (Å²) in [7, 11) is -2.44. The number of nitrogens with two attached hydrogens (primary N) is 1. The Morgan fingerprint density at radius 2 is 1.62 bits per heavy atom. The highest BCUT2D eigenvalue weighted by Gasteiger charge is 2.13. The van der Waals surface area contributed by atoms with Crippen LogP contribution in [0, 0.1) is 0 Å². The number of anilines is 2. The number of hydrogen-bond donors (Lipinski definition) is 4. The molecule has 2 aromatic carbocycles. The Bertz CT molecular complexity index is 1160. The summed E-state index contributed by atoms with van der Waals surface area (Å²) in [5, 5.41) is 6.49. The van der Waals surface area contributed by atoms with Crippen molar-refractivity contribution < 1.29 is 13.2 Å². The van der Waals surface area contributed by atoms with E-state index in [4.69, 9.17) is 18.0 Å². The van der Waals surface area contributed by atoms with Crippen LogP contribution in [-0.2, 0) is 40.5 Å². The molecule has 0 aliphatic rings. The van der Waals surface area contributed by atoms with Gasteiger partial charge in [0.15, 0.2) is 10.2 Å². The highest BCUT2D eigenvalue weighted by molar-refractivity contribution is 7.80. The van der Waals surface area contributed by atoms with E-state index in [2.05, 4.69) is 15.6 Å². The van der Waals surface area contributed by atoms with E-state index in [1.54, 1.807) is 0 Å². The number of benzene rings is 2. The van der Waals surface area contributed by atoms with Gasteiger partial charge in [0.25, 0.3) is 0 Å². The van der Waals surface area contributed by atoms with E-state index in [9.17, 15) is 13.2 Å². The minimum Gasteiger partial charge on any atom is -0.376 e. The van der Waals surface area contributed by atoms with Crippen LogP contribution in [0.5, 0.6) is 0 Å². The topological polar surface area (TPSA) is 114 Å². The number of nitrogens with one attached hydrogen (secondary N) is 2. The molecule has 0 spiro atoms. The van der Waals surface area contributed by atoms with Crippen LogP contribution < -0.4 is 16.4 Å². The summed E-state index contributed by atoms with van der Waals surface area (Å²) in [4.78, 5) is 17.2. The minimum atomic E-state index is -2.44. The fourth-order valence-corrected chi connectivity index (χ4v) is 4.89. The van der Waals surface area contributed by atoms with Crippen LogP contribution >= 0.6 is 23.6 Å². The highest BCUT2D eigenvalue weighted by Crippen LogP contribution is 2.27. The van der Waals surface area contributed by atoms with Crippen LogP contribution in [0.25, 0.3) is 0 Å². The van der Waals surface area contributed by atoms with E-state index in [-0.39, 0.29) is 16.8 Å². The fourth-order valence-electron chi connectivity index (χ4n) is 3.18. The SMILES string of the molecule is CC(=O)Nc1nc(CCc2ccc(NC(N)=S)cc2)c(Cc2ccc(C[SH](=O)=O)cc2)s1. The van der Waals surface area contributed by atoms with Crippen LogP contribution in [0.1, 0.15) is 34.2 Å². The van der Waals surface area contributed by atoms with Gasteiger partial charge in [-0.15, -0.1) is 11.3 Å². The molecule has 4 N–H and O–H groups in total. The number of nitrogens with zero attached hydrogens (tertiary/aromatic N) is 1. The van der Waals surface area contributed by atoms with E-state index < -0.39 is 10.7 Å². The lowest BCUT2D eigenvalue weighted by Gasteiger charge is -2.06. The van der Waals surface area contributed by atoms with Crippen LogP contribution in [0.3, 0.4) is 0 Å². The number of hydrogen-bond acceptors (Lipinski definition) is 6. The number of rotatable bonds is 9. The Hall–Kier alpha value is -2.82. The summed E-state index contributed by atoms with van der Waals surface area (Å²) in [6, 6.07) is 15.4. The molecule has 0 saturated carbocycles. The maximum absolute atomic E-state index is 11.5. The second-order valence-electron chi connectivity index (χ2n) is 7.24. The van der Waals surface area contributed by atoms with E-state index in [1.807, 2.05) is 48.5 Å². The van der Waals surface area contributed by atoms with Crippen molar-refractivity contribution >= 4 is 56.1 Å². The zero-order chi connectivity index (χ0) is 23.1. The fraction of sp³-hybridized carbons (Fsp3) is 0.227. The molecular formula is C22H24N4O3S3. The van der Waals surface area contributed by atoms with Crippen LogP contribution in [0.2, 0.25) is 0 Å². The molecule has 32 heavy (non-hydrogen) atoms. The average molecular weight is 489 g/mol. The van der Waals surface area contributed by atoms with E-state index in [0.717, 1.165) is 45.8 Å². The Morgan fingerprint density at radius 1 is 1.00 bits per heavy atom. The van der Waals surface area contributed by atoms with Gasteiger partial charge in [-0.3, -0.25) is 4.79 Å². The lowest BCUT2D eigenvalue weighted by atomic mass is 10.0. The van der Waals surface area contributed by atoms with Crippen molar-refractivity contribution in [1.29, 1.82) is 0 Å². The number of amides is 1. The molecule has 7 nitrogen and oxygen atoms in total. The molecule has 3 rings (SSSR count). The smallest absolute Gasteiger partial charge is 0.223 e. The van der Waals surface area contributed by atoms with Crippen molar-refractivity contribution in [3.05, 3.63) is 75.8 Å². The molecule has 0 aliphatic heterocycles. The summed E-state index contributed by atoms with van der Waals surface area (Å²) >= 11 is 6.32. The van der Waals surface area contributed by atoms with Crippen molar-refractivity contribution in [2.75, 3.05) is 10.6 Å². The van der Waals surface area contributed by atoms with Gasteiger partial charge in [0.05, 0.1) is 11.4 Å². The second-order valence-corrected chi connectivity index (χ2v) is 9.75. The minimum absolute atomic E-state index is 0.0411. The van der Waals surface area contributed by atoms with Crippen molar-refractivity contribution in [2.24, 2.45) is 5.73 Å². The first-order valence-electron chi connectivity index (χ1n) is 9.89. The van der Waals surface area contributed by atoms with Gasteiger partial charge in [-0.2, -0.15) is 0 Å². The normalized spacial score (nSPS) is 10.8. The molecule has 0 saturated heterocycles. The van der Waals surface area contributed by atoms with Gasteiger partial charge >= 0.3 is 0 Å². The molecular weight excluding hydrogens is 464 g/mol. The van der Waals surface area contributed by atoms with Crippen molar-refractivity contribution in [3.8, 4) is 0 Å². The van der Waals surface area contributed by atoms with Crippen molar-refractivity contribution in [1.82, 2.24) is 4.98 Å². The first-order chi connectivity index (χ1) is 15.3. The maximum atomic E-state index is 11.5. The number of carbonyl (C=O) groups is 1. The first-order valence-corrected chi connectivity index (χ1v) is 12.5. The monoisotopic (exact) mass is 488 g/mol. The lowest BCUT2D eigenvalue weighted by Crippen LogP contribution is -2.18. The van der Waals surface area contributed by atoms with Gasteiger partial charge in [0.1, 0.15) is 10.7 Å². The standard InChI is InChI=1S/C22H24N4O3S3/c1-14(27)24-22-26-19(11-8-15-6-9-18(10-7-15)25-21(23)30)20(31-22)12-16-2-4-17(5-3-16)13-32(28)29/h2-7,9-10,32H,8,11-13H2,1H3,(H3,23,25,30)(H,24,26,27). The van der Waals surface area contributed by atoms with Gasteiger partial charge in [-0.05, 0) is 53.9 Å². The molecule has 1 heterocycles. The van der Waals surface area contributed by atoms with Gasteiger partial charge < -0.3 is 16.4 Å². The molecule has 168 valence electrons. The van der Waals surface area contributed by atoms with E-state index in [0.29, 0.717) is 11.6 Å². The molecule has 10 heteroatoms. The third kappa shape index (κ3) is 7.40. The first kappa shape index (κ1) is 23.8. The Morgan fingerprint density at radius 3 is 2.22 bits per heavy atom. The molecule has 0 unspecified atom stereocenters. The number of carbonyl (C=O) groups excluding carboxylic acids is 1. The lowest BCUT2D eigenvalue weighted by molar-refractivity contribution is -0.114. The molecule has 0 fully saturated rings. The van der Waals surface area contributed by atoms with Crippen LogP contribution in [0.4, 0.5) is 10.8 Å². The Kier molecular flexibility index (Phi) is 8.32. The van der Waals surface area contributed by atoms with Crippen LogP contribution in [-0.4, -0.2) is 24.4 Å². The quantitative estimate of drug-likeness (QED) is 0.270. The maximum Gasteiger partial charge on any atom is 0.223 e. The molecule has 1 aromatic heterocycles. The number of thiol groups is 1. The van der Waals surface area contributed by atoms with Crippen molar-refractivity contribution in [2.45, 2.75) is 31.9 Å². The molecule has 1 amide bonds. The summed E-state index contributed by atoms with van der Waals surface area (Å²) in [6.07, 6.45) is 2.18. The zero-order valence-corrected chi connectivity index (χ0v) is 20.0. The Balaban J connectivity index is 1.73. The van der Waals surface area contributed by atoms with Gasteiger partial charge in [0, 0.05) is 23.9 Å².